The van der Waals surface area contributed by atoms with Gasteiger partial charge in [-0.2, -0.15) is 4.79 Å². The summed E-state index contributed by atoms with van der Waals surface area (Å²) in [5, 5.41) is 8.67. The van der Waals surface area contributed by atoms with E-state index < -0.39 is 17.7 Å². The van der Waals surface area contributed by atoms with Crippen molar-refractivity contribution in [1.82, 2.24) is 24.6 Å². The zero-order chi connectivity index (χ0) is 32.1. The molecule has 2 aliphatic heterocycles. The summed E-state index contributed by atoms with van der Waals surface area (Å²) in [6.07, 6.45) is 6.92. The number of imidazole rings is 1. The van der Waals surface area contributed by atoms with Gasteiger partial charge in [-0.25, -0.2) is 19.2 Å². The van der Waals surface area contributed by atoms with Crippen LogP contribution < -0.4 is 15.2 Å². The van der Waals surface area contributed by atoms with Crippen molar-refractivity contribution in [3.63, 3.8) is 0 Å². The smallest absolute Gasteiger partial charge is 0.236 e. The number of nitrogens with one attached hydrogen (secondary N) is 1. The molecule has 7 rings (SSSR count). The highest BCUT2D eigenvalue weighted by Crippen LogP contribution is 2.44. The number of rotatable bonds is 6. The molecule has 11 nitrogen and oxygen atoms in total. The molecule has 1 atom stereocenters. The van der Waals surface area contributed by atoms with Gasteiger partial charge in [-0.05, 0) is 74.9 Å². The second-order valence-corrected chi connectivity index (χ2v) is 12.1. The molecular formula is C33H34F2N8O3. The van der Waals surface area contributed by atoms with Gasteiger partial charge in [0.05, 0.1) is 35.3 Å². The lowest BCUT2D eigenvalue weighted by Gasteiger charge is -2.37. The Morgan fingerprint density at radius 2 is 1.85 bits per heavy atom. The second kappa shape index (κ2) is 11.7. The molecule has 5 heterocycles. The lowest BCUT2D eigenvalue weighted by molar-refractivity contribution is -0.120. The first-order chi connectivity index (χ1) is 22.2. The molecule has 238 valence electrons. The van der Waals surface area contributed by atoms with Crippen LogP contribution in [-0.4, -0.2) is 49.5 Å². The first-order valence-electron chi connectivity index (χ1n) is 15.5. The van der Waals surface area contributed by atoms with Crippen molar-refractivity contribution in [1.29, 1.82) is 0 Å². The van der Waals surface area contributed by atoms with Crippen LogP contribution in [0.3, 0.4) is 0 Å². The molecule has 2 aromatic carbocycles. The van der Waals surface area contributed by atoms with E-state index in [1.54, 1.807) is 11.1 Å². The first-order valence-corrected chi connectivity index (χ1v) is 15.5. The van der Waals surface area contributed by atoms with E-state index in [-0.39, 0.29) is 17.9 Å². The van der Waals surface area contributed by atoms with Crippen LogP contribution in [0, 0.1) is 25.5 Å². The SMILES string of the molecule is CC(=O)Nn1ccc(N2CCC(n3cnc4cc(-c5c(C)noc5C)c(C5CCCC(=O)N5c5ccc(F)c(F)c5)cc43)CC2)n1. The number of aryl methyl sites for hydroxylation is 2. The Morgan fingerprint density at radius 1 is 1.04 bits per heavy atom. The minimum Gasteiger partial charge on any atom is -0.361 e. The van der Waals surface area contributed by atoms with Gasteiger partial charge in [-0.1, -0.05) is 5.16 Å². The molecule has 0 bridgehead atoms. The number of aromatic nitrogens is 5. The maximum absolute atomic E-state index is 14.4. The van der Waals surface area contributed by atoms with Crippen molar-refractivity contribution >= 4 is 34.4 Å². The largest absolute Gasteiger partial charge is 0.361 e. The number of carbonyl (C=O) groups excluding carboxylic acids is 2. The van der Waals surface area contributed by atoms with Gasteiger partial charge in [0.2, 0.25) is 11.8 Å². The Bertz CT molecular complexity index is 1940. The third kappa shape index (κ3) is 5.29. The zero-order valence-corrected chi connectivity index (χ0v) is 25.8. The molecule has 5 aromatic rings. The molecule has 46 heavy (non-hydrogen) atoms. The standard InChI is InChI=1S/C33H34F2N8O3/c1-19-33(20(2)46-39-19)25-16-28-30(17-24(25)29-5-4-6-32(45)43(29)23-7-8-26(34)27(35)15-23)41(18-36-28)22-9-12-40(13-10-22)31-11-14-42(38-31)37-21(3)44/h7-8,11,14-18,22,29H,4-6,9-10,12-13H2,1-3H3,(H,37,44). The van der Waals surface area contributed by atoms with Crippen molar-refractivity contribution in [2.75, 3.05) is 28.3 Å². The topological polar surface area (TPSA) is 114 Å². The molecule has 0 spiro atoms. The Kier molecular flexibility index (Phi) is 7.53. The summed E-state index contributed by atoms with van der Waals surface area (Å²) in [7, 11) is 0. The van der Waals surface area contributed by atoms with Crippen molar-refractivity contribution in [3.8, 4) is 11.1 Å². The van der Waals surface area contributed by atoms with E-state index in [0.717, 1.165) is 71.6 Å². The van der Waals surface area contributed by atoms with E-state index in [0.29, 0.717) is 36.4 Å². The summed E-state index contributed by atoms with van der Waals surface area (Å²) in [5.74, 6) is -0.849. The fraction of sp³-hybridized carbons (Fsp3) is 0.364. The molecule has 1 N–H and O–H groups in total. The van der Waals surface area contributed by atoms with Crippen LogP contribution in [-0.2, 0) is 9.59 Å². The fourth-order valence-electron chi connectivity index (χ4n) is 6.94. The van der Waals surface area contributed by atoms with E-state index in [4.69, 9.17) is 9.51 Å². The summed E-state index contributed by atoms with van der Waals surface area (Å²) >= 11 is 0. The number of carbonyl (C=O) groups is 2. The van der Waals surface area contributed by atoms with E-state index in [2.05, 4.69) is 31.2 Å². The predicted octanol–water partition coefficient (Wildman–Crippen LogP) is 5.97. The first kappa shape index (κ1) is 29.6. The molecule has 2 amide bonds. The number of halogens is 2. The Balaban J connectivity index is 1.27. The summed E-state index contributed by atoms with van der Waals surface area (Å²) in [5.41, 5.74) is 7.98. The van der Waals surface area contributed by atoms with Crippen LogP contribution >= 0.6 is 0 Å². The lowest BCUT2D eigenvalue weighted by atomic mass is 9.87. The number of fused-ring (bicyclic) bond motifs is 1. The summed E-state index contributed by atoms with van der Waals surface area (Å²) in [4.78, 5) is 34.9. The van der Waals surface area contributed by atoms with Gasteiger partial charge in [-0.15, -0.1) is 5.10 Å². The van der Waals surface area contributed by atoms with Crippen molar-refractivity contribution < 1.29 is 22.9 Å². The molecule has 0 aliphatic carbocycles. The molecule has 2 aliphatic rings. The number of benzene rings is 2. The number of amides is 2. The van der Waals surface area contributed by atoms with Crippen molar-refractivity contribution in [3.05, 3.63) is 77.6 Å². The molecule has 13 heteroatoms. The third-order valence-corrected chi connectivity index (χ3v) is 9.07. The highest BCUT2D eigenvalue weighted by Gasteiger charge is 2.34. The summed E-state index contributed by atoms with van der Waals surface area (Å²) < 4.78 is 36.1. The van der Waals surface area contributed by atoms with Crippen LogP contribution in [0.4, 0.5) is 20.3 Å². The maximum Gasteiger partial charge on any atom is 0.236 e. The highest BCUT2D eigenvalue weighted by molar-refractivity contribution is 5.96. The van der Waals surface area contributed by atoms with Crippen LogP contribution in [0.25, 0.3) is 22.2 Å². The number of hydrogen-bond donors (Lipinski definition) is 1. The lowest BCUT2D eigenvalue weighted by Crippen LogP contribution is -2.38. The van der Waals surface area contributed by atoms with E-state index in [9.17, 15) is 18.4 Å². The van der Waals surface area contributed by atoms with E-state index in [1.807, 2.05) is 32.3 Å². The van der Waals surface area contributed by atoms with Crippen molar-refractivity contribution in [2.24, 2.45) is 0 Å². The Labute approximate surface area is 263 Å². The number of piperidine rings is 2. The predicted molar refractivity (Wildman–Crippen MR) is 168 cm³/mol. The zero-order valence-electron chi connectivity index (χ0n) is 25.8. The quantitative estimate of drug-likeness (QED) is 0.246. The minimum atomic E-state index is -0.998. The van der Waals surface area contributed by atoms with Gasteiger partial charge in [0.1, 0.15) is 5.76 Å². The van der Waals surface area contributed by atoms with Crippen LogP contribution in [0.2, 0.25) is 0 Å². The van der Waals surface area contributed by atoms with Crippen LogP contribution in [0.1, 0.15) is 68.1 Å². The minimum absolute atomic E-state index is 0.145. The molecule has 3 aromatic heterocycles. The monoisotopic (exact) mass is 628 g/mol. The van der Waals surface area contributed by atoms with Crippen LogP contribution in [0.5, 0.6) is 0 Å². The molecular weight excluding hydrogens is 594 g/mol. The number of anilines is 2. The fourth-order valence-corrected chi connectivity index (χ4v) is 6.94. The summed E-state index contributed by atoms with van der Waals surface area (Å²) in [6, 6.07) is 9.37. The number of hydrogen-bond acceptors (Lipinski definition) is 7. The average Bonchev–Trinajstić information content (AvgIpc) is 3.76. The van der Waals surface area contributed by atoms with Gasteiger partial charge < -0.3 is 18.9 Å². The molecule has 2 saturated heterocycles. The van der Waals surface area contributed by atoms with Gasteiger partial charge in [0.15, 0.2) is 17.5 Å². The Hall–Kier alpha value is -5.07. The van der Waals surface area contributed by atoms with E-state index >= 15 is 0 Å². The van der Waals surface area contributed by atoms with Crippen molar-refractivity contribution in [2.45, 2.75) is 65.0 Å². The highest BCUT2D eigenvalue weighted by atomic mass is 19.2. The summed E-state index contributed by atoms with van der Waals surface area (Å²) in [6.45, 7) is 6.72. The number of nitrogens with zero attached hydrogens (tertiary/aromatic N) is 7. The van der Waals surface area contributed by atoms with E-state index in [1.165, 1.54) is 17.8 Å². The van der Waals surface area contributed by atoms with Gasteiger partial charge in [0.25, 0.3) is 0 Å². The molecule has 0 saturated carbocycles. The van der Waals surface area contributed by atoms with Crippen LogP contribution in [0.15, 0.2) is 53.4 Å². The molecule has 0 radical (unpaired) electrons. The second-order valence-electron chi connectivity index (χ2n) is 12.1. The molecule has 1 unspecified atom stereocenters. The average molecular weight is 629 g/mol. The van der Waals surface area contributed by atoms with Gasteiger partial charge in [0, 0.05) is 55.9 Å². The maximum atomic E-state index is 14.4. The molecule has 2 fully saturated rings. The normalized spacial score (nSPS) is 17.7. The Morgan fingerprint density at radius 3 is 2.57 bits per heavy atom. The third-order valence-electron chi connectivity index (χ3n) is 9.07. The van der Waals surface area contributed by atoms with Gasteiger partial charge in [-0.3, -0.25) is 9.59 Å². The van der Waals surface area contributed by atoms with Gasteiger partial charge >= 0.3 is 0 Å².